The lowest BCUT2D eigenvalue weighted by atomic mass is 9.81. The number of aliphatic hydroxyl groups excluding tert-OH is 1. The van der Waals surface area contributed by atoms with Gasteiger partial charge in [-0.2, -0.15) is 0 Å². The number of nitrogens with one attached hydrogen (secondary N) is 1. The van der Waals surface area contributed by atoms with Crippen molar-refractivity contribution in [3.05, 3.63) is 53.6 Å². The highest BCUT2D eigenvalue weighted by Gasteiger charge is 2.32. The molecule has 0 spiro atoms. The van der Waals surface area contributed by atoms with Crippen molar-refractivity contribution in [1.29, 1.82) is 0 Å². The first-order valence-corrected chi connectivity index (χ1v) is 15.4. The Kier molecular flexibility index (Phi) is 8.04. The predicted octanol–water partition coefficient (Wildman–Crippen LogP) is 4.41. The highest BCUT2D eigenvalue weighted by atomic mass is 16.3. The Labute approximate surface area is 242 Å². The van der Waals surface area contributed by atoms with Gasteiger partial charge in [-0.05, 0) is 56.0 Å². The number of likely N-dealkylation sites (N-methyl/N-ethyl adjacent to an activating group) is 1. The predicted molar refractivity (Wildman–Crippen MR) is 163 cm³/mol. The molecule has 2 N–H and O–H groups in total. The number of carbonyl (C=O) groups is 2. The van der Waals surface area contributed by atoms with Crippen molar-refractivity contribution in [2.75, 3.05) is 50.7 Å². The van der Waals surface area contributed by atoms with E-state index in [1.807, 2.05) is 17.0 Å². The number of nitrogens with zero attached hydrogens (tertiary/aromatic N) is 4. The Hall–Kier alpha value is -3.36. The van der Waals surface area contributed by atoms with Crippen LogP contribution in [0.2, 0.25) is 0 Å². The normalized spacial score (nSPS) is 19.0. The van der Waals surface area contributed by atoms with Crippen LogP contribution in [-0.4, -0.2) is 83.3 Å². The molecule has 1 saturated heterocycles. The first-order chi connectivity index (χ1) is 19.9. The molecule has 3 aromatic rings. The zero-order valence-electron chi connectivity index (χ0n) is 24.4. The summed E-state index contributed by atoms with van der Waals surface area (Å²) in [6, 6.07) is 14.5. The van der Waals surface area contributed by atoms with Crippen LogP contribution in [0.4, 0.5) is 5.69 Å². The van der Waals surface area contributed by atoms with Gasteiger partial charge >= 0.3 is 0 Å². The van der Waals surface area contributed by atoms with E-state index in [0.29, 0.717) is 24.6 Å². The van der Waals surface area contributed by atoms with Crippen LogP contribution in [0, 0.1) is 0 Å². The Morgan fingerprint density at radius 2 is 1.73 bits per heavy atom. The molecule has 2 aromatic carbocycles. The summed E-state index contributed by atoms with van der Waals surface area (Å²) in [7, 11) is 0. The van der Waals surface area contributed by atoms with Gasteiger partial charge in [-0.1, -0.05) is 50.5 Å². The molecule has 1 aliphatic carbocycles. The molecule has 218 valence electrons. The van der Waals surface area contributed by atoms with Crippen molar-refractivity contribution < 1.29 is 14.7 Å². The molecule has 1 atom stereocenters. The van der Waals surface area contributed by atoms with Crippen LogP contribution in [0.5, 0.6) is 0 Å². The lowest BCUT2D eigenvalue weighted by Crippen LogP contribution is -2.51. The molecule has 3 aliphatic rings. The van der Waals surface area contributed by atoms with E-state index in [-0.39, 0.29) is 11.8 Å². The maximum atomic E-state index is 13.5. The van der Waals surface area contributed by atoms with Gasteiger partial charge in [0.15, 0.2) is 0 Å². The average molecular weight is 558 g/mol. The molecule has 2 aliphatic heterocycles. The highest BCUT2D eigenvalue weighted by Crippen LogP contribution is 2.47. The first-order valence-electron chi connectivity index (χ1n) is 15.4. The second-order valence-corrected chi connectivity index (χ2v) is 11.9. The third-order valence-corrected chi connectivity index (χ3v) is 9.31. The van der Waals surface area contributed by atoms with Crippen LogP contribution in [0.15, 0.2) is 42.5 Å². The maximum absolute atomic E-state index is 13.5. The van der Waals surface area contributed by atoms with Crippen molar-refractivity contribution in [1.82, 2.24) is 19.7 Å². The minimum atomic E-state index is -0.914. The zero-order valence-corrected chi connectivity index (χ0v) is 24.4. The molecule has 41 heavy (non-hydrogen) atoms. The van der Waals surface area contributed by atoms with E-state index in [1.54, 1.807) is 6.92 Å². The maximum Gasteiger partial charge on any atom is 0.253 e. The fourth-order valence-corrected chi connectivity index (χ4v) is 7.15. The second-order valence-electron chi connectivity index (χ2n) is 11.9. The number of anilines is 1. The molecule has 3 heterocycles. The molecule has 8 heteroatoms. The molecule has 2 fully saturated rings. The molecule has 1 saturated carbocycles. The molecule has 0 radical (unpaired) electrons. The molecule has 8 nitrogen and oxygen atoms in total. The van der Waals surface area contributed by atoms with E-state index in [9.17, 15) is 14.7 Å². The molecular weight excluding hydrogens is 514 g/mol. The highest BCUT2D eigenvalue weighted by molar-refractivity contribution is 6.02. The summed E-state index contributed by atoms with van der Waals surface area (Å²) in [4.78, 5) is 33.1. The minimum absolute atomic E-state index is 0.191. The second kappa shape index (κ2) is 11.9. The third kappa shape index (κ3) is 5.47. The number of rotatable bonds is 6. The number of hydrogen-bond acceptors (Lipinski definition) is 5. The summed E-state index contributed by atoms with van der Waals surface area (Å²) in [6.45, 7) is 10.0. The van der Waals surface area contributed by atoms with Crippen LogP contribution in [0.1, 0.15) is 67.8 Å². The molecule has 0 bridgehead atoms. The Morgan fingerprint density at radius 1 is 0.976 bits per heavy atom. The van der Waals surface area contributed by atoms with E-state index < -0.39 is 6.23 Å². The Morgan fingerprint density at radius 3 is 2.46 bits per heavy atom. The number of hydrogen-bond donors (Lipinski definition) is 2. The van der Waals surface area contributed by atoms with Crippen LogP contribution < -0.4 is 10.2 Å². The van der Waals surface area contributed by atoms with Gasteiger partial charge in [0.2, 0.25) is 5.91 Å². The van der Waals surface area contributed by atoms with Gasteiger partial charge < -0.3 is 29.7 Å². The van der Waals surface area contributed by atoms with E-state index in [4.69, 9.17) is 0 Å². The molecule has 2 amide bonds. The van der Waals surface area contributed by atoms with Crippen molar-refractivity contribution in [3.8, 4) is 11.3 Å². The monoisotopic (exact) mass is 557 g/mol. The summed E-state index contributed by atoms with van der Waals surface area (Å²) < 4.78 is 2.39. The number of amides is 2. The van der Waals surface area contributed by atoms with Crippen LogP contribution in [0.3, 0.4) is 0 Å². The van der Waals surface area contributed by atoms with E-state index in [2.05, 4.69) is 56.9 Å². The van der Waals surface area contributed by atoms with E-state index in [0.717, 1.165) is 50.5 Å². The van der Waals surface area contributed by atoms with E-state index >= 15 is 0 Å². The van der Waals surface area contributed by atoms with Gasteiger partial charge in [0, 0.05) is 67.0 Å². The Bertz CT molecular complexity index is 1420. The lowest BCUT2D eigenvalue weighted by Gasteiger charge is -2.35. The Balaban J connectivity index is 1.41. The van der Waals surface area contributed by atoms with Crippen molar-refractivity contribution in [3.63, 3.8) is 0 Å². The number of piperazine rings is 1. The number of fused-ring (bicyclic) bond motifs is 5. The standard InChI is InChI=1S/C33H43N5O3/c1-3-35-15-17-36(18-16-35)30(40)22-37-19-20-38-29-21-25(33(41)34-23(2)39)13-14-26(29)31(24-9-5-4-6-10-24)32(38)27-11-7-8-12-28(27)37/h7-8,11-14,21,23-24,39H,3-6,9-10,15-20,22H2,1-2H3,(H,34,41). The molecule has 6 rings (SSSR count). The fourth-order valence-electron chi connectivity index (χ4n) is 7.15. The van der Waals surface area contributed by atoms with Crippen LogP contribution >= 0.6 is 0 Å². The van der Waals surface area contributed by atoms with Gasteiger partial charge in [0.05, 0.1) is 12.2 Å². The van der Waals surface area contributed by atoms with Crippen molar-refractivity contribution in [2.24, 2.45) is 0 Å². The fraction of sp³-hybridized carbons (Fsp3) is 0.515. The number of aromatic nitrogens is 1. The largest absolute Gasteiger partial charge is 0.374 e. The quantitative estimate of drug-likeness (QED) is 0.439. The van der Waals surface area contributed by atoms with Gasteiger partial charge in [0.25, 0.3) is 5.91 Å². The third-order valence-electron chi connectivity index (χ3n) is 9.31. The first kappa shape index (κ1) is 27.8. The lowest BCUT2D eigenvalue weighted by molar-refractivity contribution is -0.131. The van der Waals surface area contributed by atoms with E-state index in [1.165, 1.54) is 54.3 Å². The SMILES string of the molecule is CCN1CCN(C(=O)CN2CCn3c(c(C4CCCCC4)c4ccc(C(=O)NC(C)O)cc43)-c3ccccc32)CC1. The molecule has 1 aromatic heterocycles. The number of benzene rings is 2. The molecular formula is C33H43N5O3. The van der Waals surface area contributed by atoms with Gasteiger partial charge in [-0.3, -0.25) is 9.59 Å². The summed E-state index contributed by atoms with van der Waals surface area (Å²) in [5.41, 5.74) is 6.50. The average Bonchev–Trinajstić information content (AvgIpc) is 3.23. The van der Waals surface area contributed by atoms with Gasteiger partial charge in [-0.25, -0.2) is 0 Å². The number of para-hydroxylation sites is 1. The zero-order chi connectivity index (χ0) is 28.5. The summed E-state index contributed by atoms with van der Waals surface area (Å²) >= 11 is 0. The summed E-state index contributed by atoms with van der Waals surface area (Å²) in [5.74, 6) is 0.383. The summed E-state index contributed by atoms with van der Waals surface area (Å²) in [6.07, 6.45) is 5.18. The van der Waals surface area contributed by atoms with Crippen LogP contribution in [-0.2, 0) is 11.3 Å². The smallest absolute Gasteiger partial charge is 0.253 e. The number of aliphatic hydroxyl groups is 1. The summed E-state index contributed by atoms with van der Waals surface area (Å²) in [5, 5.41) is 13.6. The van der Waals surface area contributed by atoms with Gasteiger partial charge in [0.1, 0.15) is 6.23 Å². The van der Waals surface area contributed by atoms with Gasteiger partial charge in [-0.15, -0.1) is 0 Å². The number of carbonyl (C=O) groups excluding carboxylic acids is 2. The van der Waals surface area contributed by atoms with Crippen LogP contribution in [0.25, 0.3) is 22.2 Å². The topological polar surface area (TPSA) is 81.0 Å². The minimum Gasteiger partial charge on any atom is -0.374 e. The van der Waals surface area contributed by atoms with Crippen molar-refractivity contribution in [2.45, 2.75) is 64.6 Å². The molecule has 1 unspecified atom stereocenters. The van der Waals surface area contributed by atoms with Crippen molar-refractivity contribution >= 4 is 28.4 Å².